The highest BCUT2D eigenvalue weighted by Crippen LogP contribution is 2.29. The summed E-state index contributed by atoms with van der Waals surface area (Å²) in [7, 11) is 0. The van der Waals surface area contributed by atoms with E-state index in [-0.39, 0.29) is 17.6 Å². The number of halogens is 1. The van der Waals surface area contributed by atoms with Crippen LogP contribution < -0.4 is 0 Å². The van der Waals surface area contributed by atoms with Gasteiger partial charge in [0, 0.05) is 29.6 Å². The average Bonchev–Trinajstić information content (AvgIpc) is 3.17. The highest BCUT2D eigenvalue weighted by atomic mass is 32.1. The Morgan fingerprint density at radius 1 is 1.26 bits per heavy atom. The van der Waals surface area contributed by atoms with Gasteiger partial charge in [-0.2, -0.15) is 16.3 Å². The zero-order valence-corrected chi connectivity index (χ0v) is 12.8. The number of rotatable bonds is 3. The Morgan fingerprint density at radius 3 is 2.74 bits per heavy atom. The zero-order chi connectivity index (χ0) is 15.8. The number of thiophene rings is 1. The summed E-state index contributed by atoms with van der Waals surface area (Å²) in [5.74, 6) is 0.715. The third-order valence-corrected chi connectivity index (χ3v) is 4.51. The minimum atomic E-state index is -0.352. The van der Waals surface area contributed by atoms with Gasteiger partial charge in [-0.3, -0.25) is 4.79 Å². The van der Waals surface area contributed by atoms with Crippen LogP contribution in [0.15, 0.2) is 45.6 Å². The quantitative estimate of drug-likeness (QED) is 0.740. The van der Waals surface area contributed by atoms with Crippen LogP contribution in [0.1, 0.15) is 22.2 Å². The van der Waals surface area contributed by atoms with Crippen molar-refractivity contribution in [3.63, 3.8) is 0 Å². The van der Waals surface area contributed by atoms with Gasteiger partial charge in [0.1, 0.15) is 5.82 Å². The molecule has 0 saturated carbocycles. The first kappa shape index (κ1) is 14.1. The van der Waals surface area contributed by atoms with Gasteiger partial charge in [-0.25, -0.2) is 4.39 Å². The molecule has 2 aromatic heterocycles. The molecule has 0 aliphatic carbocycles. The molecule has 116 valence electrons. The van der Waals surface area contributed by atoms with Gasteiger partial charge in [0.25, 0.3) is 5.91 Å². The summed E-state index contributed by atoms with van der Waals surface area (Å²) in [4.78, 5) is 18.3. The van der Waals surface area contributed by atoms with Crippen LogP contribution in [-0.4, -0.2) is 34.0 Å². The summed E-state index contributed by atoms with van der Waals surface area (Å²) in [5.41, 5.74) is 1.41. The summed E-state index contributed by atoms with van der Waals surface area (Å²) in [5, 5.41) is 7.89. The van der Waals surface area contributed by atoms with Gasteiger partial charge in [0.05, 0.1) is 5.92 Å². The van der Waals surface area contributed by atoms with Gasteiger partial charge >= 0.3 is 0 Å². The number of likely N-dealkylation sites (tertiary alicyclic amines) is 1. The molecule has 0 atom stereocenters. The third kappa shape index (κ3) is 2.63. The van der Waals surface area contributed by atoms with Gasteiger partial charge in [-0.1, -0.05) is 5.16 Å². The van der Waals surface area contributed by atoms with Crippen molar-refractivity contribution in [3.05, 3.63) is 58.4 Å². The van der Waals surface area contributed by atoms with Crippen molar-refractivity contribution in [2.24, 2.45) is 0 Å². The van der Waals surface area contributed by atoms with E-state index in [1.54, 1.807) is 16.2 Å². The van der Waals surface area contributed by atoms with E-state index in [1.165, 1.54) is 24.3 Å². The number of hydrogen-bond donors (Lipinski definition) is 0. The summed E-state index contributed by atoms with van der Waals surface area (Å²) in [6, 6.07) is 7.49. The molecular weight excluding hydrogens is 317 g/mol. The summed E-state index contributed by atoms with van der Waals surface area (Å²) >= 11 is 1.57. The molecule has 1 aliphatic rings. The van der Waals surface area contributed by atoms with Crippen LogP contribution in [0.25, 0.3) is 11.4 Å². The SMILES string of the molecule is O=C(c1ccc(F)cc1)N1CC(c2nc(-c3ccsc3)no2)C1. The number of amides is 1. The summed E-state index contributed by atoms with van der Waals surface area (Å²) in [6.07, 6.45) is 0. The highest BCUT2D eigenvalue weighted by molar-refractivity contribution is 7.08. The van der Waals surface area contributed by atoms with Crippen LogP contribution in [0, 0.1) is 5.82 Å². The van der Waals surface area contributed by atoms with E-state index in [9.17, 15) is 9.18 Å². The molecule has 4 rings (SSSR count). The fraction of sp³-hybridized carbons (Fsp3) is 0.188. The molecule has 0 radical (unpaired) electrons. The first-order valence-electron chi connectivity index (χ1n) is 7.12. The summed E-state index contributed by atoms with van der Waals surface area (Å²) in [6.45, 7) is 1.06. The Hall–Kier alpha value is -2.54. The fourth-order valence-corrected chi connectivity index (χ4v) is 3.12. The molecular formula is C16H12FN3O2S. The molecule has 1 aromatic carbocycles. The maximum atomic E-state index is 12.9. The average molecular weight is 329 g/mol. The molecule has 1 fully saturated rings. The fourth-order valence-electron chi connectivity index (χ4n) is 2.49. The smallest absolute Gasteiger partial charge is 0.253 e. The largest absolute Gasteiger partial charge is 0.339 e. The van der Waals surface area contributed by atoms with Crippen molar-refractivity contribution < 1.29 is 13.7 Å². The molecule has 1 amide bonds. The van der Waals surface area contributed by atoms with E-state index in [4.69, 9.17) is 4.52 Å². The topological polar surface area (TPSA) is 59.2 Å². The van der Waals surface area contributed by atoms with Crippen molar-refractivity contribution in [2.45, 2.75) is 5.92 Å². The predicted octanol–water partition coefficient (Wildman–Crippen LogP) is 3.18. The number of carbonyl (C=O) groups is 1. The number of carbonyl (C=O) groups excluding carboxylic acids is 1. The molecule has 1 aliphatic heterocycles. The van der Waals surface area contributed by atoms with Crippen LogP contribution >= 0.6 is 11.3 Å². The minimum absolute atomic E-state index is 0.0549. The Labute approximate surface area is 135 Å². The normalized spacial score (nSPS) is 14.7. The monoisotopic (exact) mass is 329 g/mol. The maximum absolute atomic E-state index is 12.9. The number of nitrogens with zero attached hydrogens (tertiary/aromatic N) is 3. The number of hydrogen-bond acceptors (Lipinski definition) is 5. The second-order valence-corrected chi connectivity index (χ2v) is 6.16. The Kier molecular flexibility index (Phi) is 3.42. The van der Waals surface area contributed by atoms with E-state index in [0.717, 1.165) is 5.56 Å². The van der Waals surface area contributed by atoms with Crippen LogP contribution in [0.5, 0.6) is 0 Å². The molecule has 0 N–H and O–H groups in total. The van der Waals surface area contributed by atoms with E-state index in [1.807, 2.05) is 16.8 Å². The first-order chi connectivity index (χ1) is 11.2. The Bertz CT molecular complexity index is 823. The van der Waals surface area contributed by atoms with Crippen molar-refractivity contribution >= 4 is 17.2 Å². The number of aromatic nitrogens is 2. The van der Waals surface area contributed by atoms with Crippen LogP contribution in [-0.2, 0) is 0 Å². The lowest BCUT2D eigenvalue weighted by Crippen LogP contribution is -2.48. The molecule has 0 unspecified atom stereocenters. The molecule has 3 aromatic rings. The lowest BCUT2D eigenvalue weighted by atomic mass is 9.98. The predicted molar refractivity (Wildman–Crippen MR) is 82.7 cm³/mol. The molecule has 5 nitrogen and oxygen atoms in total. The van der Waals surface area contributed by atoms with E-state index in [2.05, 4.69) is 10.1 Å². The van der Waals surface area contributed by atoms with Crippen molar-refractivity contribution in [3.8, 4) is 11.4 Å². The standard InChI is InChI=1S/C16H12FN3O2S/c17-13-3-1-10(2-4-13)16(21)20-7-12(8-20)15-18-14(19-22-15)11-5-6-23-9-11/h1-6,9,12H,7-8H2. The van der Waals surface area contributed by atoms with Crippen LogP contribution in [0.2, 0.25) is 0 Å². The van der Waals surface area contributed by atoms with Crippen molar-refractivity contribution in [1.82, 2.24) is 15.0 Å². The van der Waals surface area contributed by atoms with E-state index in [0.29, 0.717) is 30.4 Å². The molecule has 7 heteroatoms. The van der Waals surface area contributed by atoms with Crippen molar-refractivity contribution in [1.29, 1.82) is 0 Å². The second kappa shape index (κ2) is 5.58. The first-order valence-corrected chi connectivity index (χ1v) is 8.06. The minimum Gasteiger partial charge on any atom is -0.339 e. The molecule has 0 bridgehead atoms. The maximum Gasteiger partial charge on any atom is 0.253 e. The molecule has 0 spiro atoms. The van der Waals surface area contributed by atoms with Gasteiger partial charge in [-0.15, -0.1) is 0 Å². The van der Waals surface area contributed by atoms with Gasteiger partial charge in [-0.05, 0) is 35.7 Å². The Morgan fingerprint density at radius 2 is 2.04 bits per heavy atom. The van der Waals surface area contributed by atoms with Crippen LogP contribution in [0.3, 0.4) is 0 Å². The van der Waals surface area contributed by atoms with Gasteiger partial charge in [0.2, 0.25) is 11.7 Å². The van der Waals surface area contributed by atoms with Crippen LogP contribution in [0.4, 0.5) is 4.39 Å². The van der Waals surface area contributed by atoms with Gasteiger partial charge < -0.3 is 9.42 Å². The van der Waals surface area contributed by atoms with Crippen molar-refractivity contribution in [2.75, 3.05) is 13.1 Å². The highest BCUT2D eigenvalue weighted by Gasteiger charge is 2.36. The zero-order valence-electron chi connectivity index (χ0n) is 12.0. The lowest BCUT2D eigenvalue weighted by Gasteiger charge is -2.37. The molecule has 1 saturated heterocycles. The van der Waals surface area contributed by atoms with E-state index >= 15 is 0 Å². The second-order valence-electron chi connectivity index (χ2n) is 5.38. The lowest BCUT2D eigenvalue weighted by molar-refractivity contribution is 0.0569. The number of benzene rings is 1. The third-order valence-electron chi connectivity index (χ3n) is 3.83. The van der Waals surface area contributed by atoms with Gasteiger partial charge in [0.15, 0.2) is 0 Å². The Balaban J connectivity index is 1.41. The molecule has 23 heavy (non-hydrogen) atoms. The van der Waals surface area contributed by atoms with E-state index < -0.39 is 0 Å². The molecule has 3 heterocycles. The summed E-state index contributed by atoms with van der Waals surface area (Å²) < 4.78 is 18.2.